The first-order valence-electron chi connectivity index (χ1n) is 6.85. The van der Waals surface area contributed by atoms with E-state index in [-0.39, 0.29) is 6.61 Å². The first-order chi connectivity index (χ1) is 9.95. The van der Waals surface area contributed by atoms with Crippen molar-refractivity contribution >= 4 is 28.7 Å². The summed E-state index contributed by atoms with van der Waals surface area (Å²) >= 11 is 2.26. The van der Waals surface area contributed by atoms with E-state index in [2.05, 4.69) is 28.1 Å². The zero-order chi connectivity index (χ0) is 16.0. The van der Waals surface area contributed by atoms with Crippen LogP contribution >= 0.6 is 22.6 Å². The minimum Gasteiger partial charge on any atom is -0.442 e. The van der Waals surface area contributed by atoms with Crippen LogP contribution in [-0.2, 0) is 23.8 Å². The molecule has 0 rings (SSSR count). The van der Waals surface area contributed by atoms with Crippen molar-refractivity contribution in [3.8, 4) is 0 Å². The molecular weight excluding hydrogens is 393 g/mol. The standard InChI is InChI=1S/C13H26INO6/c1-13(2,3)21-12(16)15-20-11-10-19-9-8-18-7-6-17-5-4-14/h4-11H2,1-3H3,(H,15,16). The van der Waals surface area contributed by atoms with Crippen LogP contribution in [0.15, 0.2) is 0 Å². The normalized spacial score (nSPS) is 11.4. The van der Waals surface area contributed by atoms with Gasteiger partial charge in [-0.3, -0.25) is 4.84 Å². The van der Waals surface area contributed by atoms with Crippen LogP contribution < -0.4 is 5.48 Å². The Morgan fingerprint density at radius 1 is 0.905 bits per heavy atom. The molecule has 0 aromatic heterocycles. The molecule has 0 unspecified atom stereocenters. The van der Waals surface area contributed by atoms with Crippen molar-refractivity contribution in [1.82, 2.24) is 5.48 Å². The van der Waals surface area contributed by atoms with Crippen LogP contribution in [0.5, 0.6) is 0 Å². The van der Waals surface area contributed by atoms with E-state index in [0.29, 0.717) is 33.0 Å². The summed E-state index contributed by atoms with van der Waals surface area (Å²) in [6.45, 7) is 8.86. The van der Waals surface area contributed by atoms with E-state index >= 15 is 0 Å². The molecule has 0 aliphatic carbocycles. The number of carbonyl (C=O) groups is 1. The molecule has 0 aromatic carbocycles. The van der Waals surface area contributed by atoms with Gasteiger partial charge in [0.1, 0.15) is 5.60 Å². The molecule has 0 aliphatic rings. The lowest BCUT2D eigenvalue weighted by Crippen LogP contribution is -2.33. The highest BCUT2D eigenvalue weighted by molar-refractivity contribution is 14.1. The molecule has 0 saturated carbocycles. The second-order valence-electron chi connectivity index (χ2n) is 4.98. The smallest absolute Gasteiger partial charge is 0.431 e. The number of rotatable bonds is 12. The summed E-state index contributed by atoms with van der Waals surface area (Å²) in [5, 5.41) is 0. The van der Waals surface area contributed by atoms with Crippen molar-refractivity contribution in [2.24, 2.45) is 0 Å². The van der Waals surface area contributed by atoms with Crippen LogP contribution in [-0.4, -0.2) is 62.4 Å². The highest BCUT2D eigenvalue weighted by Crippen LogP contribution is 2.06. The van der Waals surface area contributed by atoms with E-state index in [0.717, 1.165) is 11.0 Å². The molecule has 1 amide bonds. The van der Waals surface area contributed by atoms with Gasteiger partial charge >= 0.3 is 6.09 Å². The van der Waals surface area contributed by atoms with Crippen LogP contribution in [0.3, 0.4) is 0 Å². The molecular formula is C13H26INO6. The van der Waals surface area contributed by atoms with E-state index in [1.807, 2.05) is 0 Å². The monoisotopic (exact) mass is 419 g/mol. The van der Waals surface area contributed by atoms with E-state index in [1.165, 1.54) is 0 Å². The minimum absolute atomic E-state index is 0.248. The summed E-state index contributed by atoms with van der Waals surface area (Å²) in [5.41, 5.74) is 1.64. The number of nitrogens with one attached hydrogen (secondary N) is 1. The zero-order valence-corrected chi connectivity index (χ0v) is 15.1. The lowest BCUT2D eigenvalue weighted by molar-refractivity contribution is -0.0351. The van der Waals surface area contributed by atoms with Crippen molar-refractivity contribution in [1.29, 1.82) is 0 Å². The van der Waals surface area contributed by atoms with Crippen molar-refractivity contribution in [3.63, 3.8) is 0 Å². The third kappa shape index (κ3) is 17.8. The number of ether oxygens (including phenoxy) is 4. The van der Waals surface area contributed by atoms with Crippen LogP contribution in [0.4, 0.5) is 4.79 Å². The summed E-state index contributed by atoms with van der Waals surface area (Å²) in [7, 11) is 0. The fourth-order valence-electron chi connectivity index (χ4n) is 1.11. The number of hydrogen-bond acceptors (Lipinski definition) is 6. The van der Waals surface area contributed by atoms with Crippen molar-refractivity contribution in [3.05, 3.63) is 0 Å². The quantitative estimate of drug-likeness (QED) is 0.226. The number of halogens is 1. The first-order valence-corrected chi connectivity index (χ1v) is 8.38. The average molecular weight is 419 g/mol. The lowest BCUT2D eigenvalue weighted by atomic mass is 10.2. The van der Waals surface area contributed by atoms with Gasteiger partial charge < -0.3 is 18.9 Å². The molecule has 0 radical (unpaired) electrons. The summed E-state index contributed by atoms with van der Waals surface area (Å²) in [6, 6.07) is 0. The first kappa shape index (κ1) is 20.8. The molecule has 126 valence electrons. The molecule has 0 aromatic rings. The number of hydrogen-bond donors (Lipinski definition) is 1. The molecule has 1 N–H and O–H groups in total. The Labute approximate surface area is 140 Å². The van der Waals surface area contributed by atoms with Gasteiger partial charge in [-0.15, -0.1) is 0 Å². The summed E-state index contributed by atoms with van der Waals surface area (Å²) in [6.07, 6.45) is -0.614. The summed E-state index contributed by atoms with van der Waals surface area (Å²) in [4.78, 5) is 16.1. The van der Waals surface area contributed by atoms with Gasteiger partial charge in [0.25, 0.3) is 0 Å². The van der Waals surface area contributed by atoms with Gasteiger partial charge in [-0.2, -0.15) is 5.48 Å². The highest BCUT2D eigenvalue weighted by atomic mass is 127. The Morgan fingerprint density at radius 3 is 1.86 bits per heavy atom. The second kappa shape index (κ2) is 13.5. The van der Waals surface area contributed by atoms with Gasteiger partial charge in [0.15, 0.2) is 0 Å². The number of amides is 1. The van der Waals surface area contributed by atoms with E-state index in [9.17, 15) is 4.79 Å². The molecule has 0 saturated heterocycles. The van der Waals surface area contributed by atoms with Gasteiger partial charge in [-0.1, -0.05) is 22.6 Å². The molecule has 0 fully saturated rings. The largest absolute Gasteiger partial charge is 0.442 e. The molecule has 0 atom stereocenters. The van der Waals surface area contributed by atoms with Crippen LogP contribution in [0.25, 0.3) is 0 Å². The van der Waals surface area contributed by atoms with Gasteiger partial charge in [0, 0.05) is 4.43 Å². The predicted molar refractivity (Wildman–Crippen MR) is 86.7 cm³/mol. The Morgan fingerprint density at radius 2 is 1.38 bits per heavy atom. The number of carbonyl (C=O) groups excluding carboxylic acids is 1. The number of hydroxylamine groups is 1. The van der Waals surface area contributed by atoms with E-state index in [4.69, 9.17) is 23.8 Å². The maximum absolute atomic E-state index is 11.2. The molecule has 0 bridgehead atoms. The van der Waals surface area contributed by atoms with Crippen LogP contribution in [0.2, 0.25) is 0 Å². The maximum atomic E-state index is 11.2. The molecule has 0 spiro atoms. The van der Waals surface area contributed by atoms with Gasteiger partial charge in [0.2, 0.25) is 0 Å². The Kier molecular flexibility index (Phi) is 13.4. The van der Waals surface area contributed by atoms with Crippen molar-refractivity contribution in [2.75, 3.05) is 50.7 Å². The molecule has 0 heterocycles. The third-order valence-corrected chi connectivity index (χ3v) is 2.29. The van der Waals surface area contributed by atoms with Crippen molar-refractivity contribution in [2.45, 2.75) is 26.4 Å². The van der Waals surface area contributed by atoms with Gasteiger partial charge in [-0.05, 0) is 20.8 Å². The molecule has 0 aliphatic heterocycles. The Balaban J connectivity index is 3.17. The van der Waals surface area contributed by atoms with Gasteiger partial charge in [0.05, 0.1) is 46.2 Å². The lowest BCUT2D eigenvalue weighted by Gasteiger charge is -2.19. The molecule has 7 nitrogen and oxygen atoms in total. The fourth-order valence-corrected chi connectivity index (χ4v) is 1.42. The third-order valence-electron chi connectivity index (χ3n) is 1.85. The highest BCUT2D eigenvalue weighted by Gasteiger charge is 2.15. The molecule has 8 heteroatoms. The predicted octanol–water partition coefficient (Wildman–Crippen LogP) is 1.93. The topological polar surface area (TPSA) is 75.3 Å². The molecule has 21 heavy (non-hydrogen) atoms. The zero-order valence-electron chi connectivity index (χ0n) is 13.0. The van der Waals surface area contributed by atoms with Crippen molar-refractivity contribution < 1.29 is 28.6 Å². The van der Waals surface area contributed by atoms with Crippen LogP contribution in [0.1, 0.15) is 20.8 Å². The minimum atomic E-state index is -0.614. The number of alkyl halides is 1. The summed E-state index contributed by atoms with van der Waals surface area (Å²) < 4.78 is 21.8. The maximum Gasteiger partial charge on any atom is 0.431 e. The second-order valence-corrected chi connectivity index (χ2v) is 6.06. The Bertz CT molecular complexity index is 260. The van der Waals surface area contributed by atoms with Gasteiger partial charge in [-0.25, -0.2) is 4.79 Å². The SMILES string of the molecule is CC(C)(C)OC(=O)NOCCOCCOCCOCCI. The van der Waals surface area contributed by atoms with Crippen LogP contribution in [0, 0.1) is 0 Å². The fraction of sp³-hybridized carbons (Fsp3) is 0.923. The average Bonchev–Trinajstić information content (AvgIpc) is 2.38. The van der Waals surface area contributed by atoms with E-state index in [1.54, 1.807) is 20.8 Å². The Hall–Kier alpha value is -0.160. The summed E-state index contributed by atoms with van der Waals surface area (Å²) in [5.74, 6) is 0. The van der Waals surface area contributed by atoms with E-state index < -0.39 is 11.7 Å².